The number of non-ortho nitro benzene ring substituents is 1. The number of hydrogen-bond acceptors (Lipinski definition) is 5. The topological polar surface area (TPSA) is 103 Å². The molecule has 0 radical (unpaired) electrons. The number of hydrogen-bond donors (Lipinski definition) is 1. The Morgan fingerprint density at radius 1 is 1.07 bits per heavy atom. The Morgan fingerprint density at radius 2 is 1.72 bits per heavy atom. The summed E-state index contributed by atoms with van der Waals surface area (Å²) in [5.74, 6) is -0.194. The second-order valence-electron chi connectivity index (χ2n) is 6.39. The molecule has 148 valence electrons. The largest absolute Gasteiger partial charge is 0.485 e. The highest BCUT2D eigenvalue weighted by molar-refractivity contribution is 6.01. The highest BCUT2D eigenvalue weighted by Gasteiger charge is 2.18. The van der Waals surface area contributed by atoms with Crippen LogP contribution in [0.4, 0.5) is 5.69 Å². The molecule has 3 rings (SSSR count). The van der Waals surface area contributed by atoms with E-state index in [0.29, 0.717) is 28.3 Å². The molecule has 0 aliphatic rings. The van der Waals surface area contributed by atoms with Crippen LogP contribution >= 0.6 is 0 Å². The number of nitro benzene ring substituents is 1. The minimum atomic E-state index is -0.506. The van der Waals surface area contributed by atoms with Crippen LogP contribution in [0.2, 0.25) is 0 Å². The molecule has 0 saturated heterocycles. The summed E-state index contributed by atoms with van der Waals surface area (Å²) in [6.07, 6.45) is 0. The van der Waals surface area contributed by atoms with Crippen LogP contribution in [0.25, 0.3) is 0 Å². The fourth-order valence-corrected chi connectivity index (χ4v) is 2.86. The standard InChI is InChI=1S/C21H19N3O5/c1-14-12-19(15(2)23(14)22-21(26)16-6-4-3-5-7-16)20(25)13-29-18-10-8-17(9-11-18)24(27)28/h3-12H,13H2,1-2H3,(H,22,26). The van der Waals surface area contributed by atoms with Gasteiger partial charge in [-0.05, 0) is 44.2 Å². The van der Waals surface area contributed by atoms with Crippen molar-refractivity contribution < 1.29 is 19.2 Å². The number of rotatable bonds is 7. The Labute approximate surface area is 166 Å². The van der Waals surface area contributed by atoms with Crippen molar-refractivity contribution in [1.29, 1.82) is 0 Å². The van der Waals surface area contributed by atoms with Crippen molar-refractivity contribution in [3.05, 3.63) is 93.3 Å². The molecule has 0 aliphatic heterocycles. The van der Waals surface area contributed by atoms with E-state index in [1.165, 1.54) is 24.3 Å². The lowest BCUT2D eigenvalue weighted by Crippen LogP contribution is -2.25. The second-order valence-corrected chi connectivity index (χ2v) is 6.39. The van der Waals surface area contributed by atoms with Crippen molar-refractivity contribution in [1.82, 2.24) is 4.68 Å². The first-order valence-corrected chi connectivity index (χ1v) is 8.82. The molecule has 8 heteroatoms. The van der Waals surface area contributed by atoms with Gasteiger partial charge in [0.25, 0.3) is 11.6 Å². The Kier molecular flexibility index (Phi) is 5.73. The van der Waals surface area contributed by atoms with E-state index in [9.17, 15) is 19.7 Å². The molecule has 1 aromatic heterocycles. The van der Waals surface area contributed by atoms with E-state index in [2.05, 4.69) is 5.43 Å². The second kappa shape index (κ2) is 8.39. The summed E-state index contributed by atoms with van der Waals surface area (Å²) >= 11 is 0. The van der Waals surface area contributed by atoms with Crippen molar-refractivity contribution in [3.8, 4) is 5.75 Å². The molecule has 1 N–H and O–H groups in total. The van der Waals surface area contributed by atoms with Gasteiger partial charge in [0, 0.05) is 34.6 Å². The van der Waals surface area contributed by atoms with Crippen LogP contribution < -0.4 is 10.2 Å². The van der Waals surface area contributed by atoms with Gasteiger partial charge >= 0.3 is 0 Å². The zero-order chi connectivity index (χ0) is 21.0. The number of carbonyl (C=O) groups excluding carboxylic acids is 2. The molecule has 1 amide bonds. The number of carbonyl (C=O) groups is 2. The molecule has 8 nitrogen and oxygen atoms in total. The van der Waals surface area contributed by atoms with Crippen LogP contribution in [0, 0.1) is 24.0 Å². The normalized spacial score (nSPS) is 10.4. The third kappa shape index (κ3) is 4.49. The first kappa shape index (κ1) is 19.8. The maximum absolute atomic E-state index is 12.6. The van der Waals surface area contributed by atoms with E-state index in [1.54, 1.807) is 48.9 Å². The van der Waals surface area contributed by atoms with E-state index in [4.69, 9.17) is 4.74 Å². The predicted molar refractivity (Wildman–Crippen MR) is 107 cm³/mol. The lowest BCUT2D eigenvalue weighted by Gasteiger charge is -2.12. The molecular weight excluding hydrogens is 374 g/mol. The maximum Gasteiger partial charge on any atom is 0.270 e. The van der Waals surface area contributed by atoms with Gasteiger partial charge in [0.15, 0.2) is 6.61 Å². The number of amides is 1. The van der Waals surface area contributed by atoms with Crippen LogP contribution in [0.1, 0.15) is 32.1 Å². The van der Waals surface area contributed by atoms with Gasteiger partial charge in [-0.15, -0.1) is 0 Å². The van der Waals surface area contributed by atoms with Crippen LogP contribution in [0.3, 0.4) is 0 Å². The van der Waals surface area contributed by atoms with E-state index in [0.717, 1.165) is 0 Å². The molecule has 0 saturated carbocycles. The number of ketones is 1. The van der Waals surface area contributed by atoms with Gasteiger partial charge in [0.05, 0.1) is 4.92 Å². The number of nitrogens with one attached hydrogen (secondary N) is 1. The van der Waals surface area contributed by atoms with E-state index in [-0.39, 0.29) is 24.0 Å². The van der Waals surface area contributed by atoms with Crippen molar-refractivity contribution >= 4 is 17.4 Å². The molecule has 1 heterocycles. The van der Waals surface area contributed by atoms with Crippen LogP contribution in [-0.4, -0.2) is 27.9 Å². The number of ether oxygens (including phenoxy) is 1. The van der Waals surface area contributed by atoms with Gasteiger partial charge in [-0.3, -0.25) is 29.8 Å². The Hall–Kier alpha value is -3.94. The third-order valence-electron chi connectivity index (χ3n) is 4.40. The molecule has 0 fully saturated rings. The van der Waals surface area contributed by atoms with Gasteiger partial charge in [-0.25, -0.2) is 0 Å². The summed E-state index contributed by atoms with van der Waals surface area (Å²) in [5.41, 5.74) is 4.95. The molecule has 0 atom stereocenters. The van der Waals surface area contributed by atoms with Crippen molar-refractivity contribution in [2.75, 3.05) is 12.0 Å². The maximum atomic E-state index is 12.6. The summed E-state index contributed by atoms with van der Waals surface area (Å²) in [7, 11) is 0. The smallest absolute Gasteiger partial charge is 0.270 e. The predicted octanol–water partition coefficient (Wildman–Crippen LogP) is 3.66. The Bertz CT molecular complexity index is 1060. The van der Waals surface area contributed by atoms with Crippen molar-refractivity contribution in [3.63, 3.8) is 0 Å². The average Bonchev–Trinajstić information content (AvgIpc) is 3.01. The molecule has 29 heavy (non-hydrogen) atoms. The fraction of sp³-hybridized carbons (Fsp3) is 0.143. The highest BCUT2D eigenvalue weighted by atomic mass is 16.6. The molecule has 0 unspecified atom stereocenters. The van der Waals surface area contributed by atoms with Crippen LogP contribution in [-0.2, 0) is 0 Å². The van der Waals surface area contributed by atoms with Gasteiger partial charge in [0.1, 0.15) is 5.75 Å². The summed E-state index contributed by atoms with van der Waals surface area (Å²) < 4.78 is 7.01. The average molecular weight is 393 g/mol. The van der Waals surface area contributed by atoms with Gasteiger partial charge in [-0.1, -0.05) is 18.2 Å². The molecular formula is C21H19N3O5. The lowest BCUT2D eigenvalue weighted by molar-refractivity contribution is -0.384. The third-order valence-corrected chi connectivity index (χ3v) is 4.40. The molecule has 2 aromatic carbocycles. The fourth-order valence-electron chi connectivity index (χ4n) is 2.86. The molecule has 0 aliphatic carbocycles. The van der Waals surface area contributed by atoms with Gasteiger partial charge in [-0.2, -0.15) is 0 Å². The minimum Gasteiger partial charge on any atom is -0.485 e. The Balaban J connectivity index is 1.69. The first-order chi connectivity index (χ1) is 13.9. The molecule has 3 aromatic rings. The monoisotopic (exact) mass is 393 g/mol. The van der Waals surface area contributed by atoms with Gasteiger partial charge in [0.2, 0.25) is 5.78 Å². The zero-order valence-electron chi connectivity index (χ0n) is 15.9. The number of nitrogens with zero attached hydrogens (tertiary/aromatic N) is 2. The number of nitro groups is 1. The number of aryl methyl sites for hydroxylation is 1. The van der Waals surface area contributed by atoms with Crippen LogP contribution in [0.15, 0.2) is 60.7 Å². The summed E-state index contributed by atoms with van der Waals surface area (Å²) in [5, 5.41) is 10.7. The van der Waals surface area contributed by atoms with E-state index in [1.807, 2.05) is 6.07 Å². The van der Waals surface area contributed by atoms with Gasteiger partial charge < -0.3 is 4.74 Å². The molecule has 0 spiro atoms. The quantitative estimate of drug-likeness (QED) is 0.375. The Morgan fingerprint density at radius 3 is 2.34 bits per heavy atom. The van der Waals surface area contributed by atoms with E-state index >= 15 is 0 Å². The number of Topliss-reactive ketones (excluding diaryl/α,β-unsaturated/α-hetero) is 1. The zero-order valence-corrected chi connectivity index (χ0v) is 15.9. The number of aromatic nitrogens is 1. The SMILES string of the molecule is Cc1cc(C(=O)COc2ccc([N+](=O)[O-])cc2)c(C)n1NC(=O)c1ccccc1. The summed E-state index contributed by atoms with van der Waals surface area (Å²) in [6, 6.07) is 16.0. The van der Waals surface area contributed by atoms with Crippen molar-refractivity contribution in [2.45, 2.75) is 13.8 Å². The first-order valence-electron chi connectivity index (χ1n) is 8.82. The molecule has 0 bridgehead atoms. The van der Waals surface area contributed by atoms with E-state index < -0.39 is 4.92 Å². The number of benzene rings is 2. The lowest BCUT2D eigenvalue weighted by atomic mass is 10.1. The van der Waals surface area contributed by atoms with Crippen molar-refractivity contribution in [2.24, 2.45) is 0 Å². The highest BCUT2D eigenvalue weighted by Crippen LogP contribution is 2.19. The minimum absolute atomic E-state index is 0.0543. The summed E-state index contributed by atoms with van der Waals surface area (Å²) in [6.45, 7) is 3.29. The summed E-state index contributed by atoms with van der Waals surface area (Å²) in [4.78, 5) is 35.1. The van der Waals surface area contributed by atoms with Crippen LogP contribution in [0.5, 0.6) is 5.75 Å².